The van der Waals surface area contributed by atoms with Gasteiger partial charge in [0.15, 0.2) is 0 Å². The molecule has 0 unspecified atom stereocenters. The predicted octanol–water partition coefficient (Wildman–Crippen LogP) is 1.38. The van der Waals surface area contributed by atoms with Crippen molar-refractivity contribution in [3.63, 3.8) is 0 Å². The van der Waals surface area contributed by atoms with Crippen LogP contribution in [0.2, 0.25) is 0 Å². The summed E-state index contributed by atoms with van der Waals surface area (Å²) in [5, 5.41) is 15.7. The predicted molar refractivity (Wildman–Crippen MR) is 74.0 cm³/mol. The van der Waals surface area contributed by atoms with E-state index in [0.717, 1.165) is 37.2 Å². The van der Waals surface area contributed by atoms with Crippen LogP contribution in [0.15, 0.2) is 12.3 Å². The van der Waals surface area contributed by atoms with Gasteiger partial charge in [0, 0.05) is 31.9 Å². The molecule has 0 saturated carbocycles. The Balaban J connectivity index is 1.94. The smallest absolute Gasteiger partial charge is 0.242 e. The second kappa shape index (κ2) is 6.26. The number of nitrogens with zero attached hydrogens (tertiary/aromatic N) is 5. The van der Waals surface area contributed by atoms with Gasteiger partial charge in [-0.05, 0) is 18.9 Å². The van der Waals surface area contributed by atoms with Gasteiger partial charge in [0.2, 0.25) is 5.95 Å². The van der Waals surface area contributed by atoms with Crippen LogP contribution in [0.4, 0.5) is 5.95 Å². The number of rotatable bonds is 6. The second-order valence-electron chi connectivity index (χ2n) is 4.36. The molecular formula is C13H20N6. The molecule has 0 aliphatic rings. The van der Waals surface area contributed by atoms with Crippen molar-refractivity contribution >= 4 is 5.95 Å². The molecule has 102 valence electrons. The van der Waals surface area contributed by atoms with Gasteiger partial charge in [-0.2, -0.15) is 10.2 Å². The first kappa shape index (κ1) is 13.5. The molecule has 0 aliphatic carbocycles. The molecule has 6 heteroatoms. The van der Waals surface area contributed by atoms with Crippen molar-refractivity contribution in [3.8, 4) is 0 Å². The first-order valence-electron chi connectivity index (χ1n) is 6.67. The number of hydrogen-bond donors (Lipinski definition) is 1. The maximum atomic E-state index is 4.50. The van der Waals surface area contributed by atoms with Crippen LogP contribution in [0.1, 0.15) is 30.9 Å². The first-order chi connectivity index (χ1) is 9.24. The lowest BCUT2D eigenvalue weighted by atomic mass is 10.2. The first-order valence-corrected chi connectivity index (χ1v) is 6.67. The molecule has 0 radical (unpaired) electrons. The molecule has 1 N–H and O–H groups in total. The summed E-state index contributed by atoms with van der Waals surface area (Å²) in [6, 6.07) is 2.01. The summed E-state index contributed by atoms with van der Waals surface area (Å²) in [4.78, 5) is 4.50. The number of aromatic nitrogens is 5. The second-order valence-corrected chi connectivity index (χ2v) is 4.36. The van der Waals surface area contributed by atoms with Gasteiger partial charge in [-0.25, -0.2) is 4.98 Å². The van der Waals surface area contributed by atoms with Gasteiger partial charge in [-0.3, -0.25) is 4.68 Å². The van der Waals surface area contributed by atoms with Crippen molar-refractivity contribution < 1.29 is 0 Å². The molecule has 6 nitrogen and oxygen atoms in total. The topological polar surface area (TPSA) is 68.5 Å². The van der Waals surface area contributed by atoms with E-state index in [2.05, 4.69) is 39.4 Å². The van der Waals surface area contributed by atoms with Crippen LogP contribution in [-0.2, 0) is 26.3 Å². The van der Waals surface area contributed by atoms with Crippen LogP contribution in [0.5, 0.6) is 0 Å². The minimum absolute atomic E-state index is 0.608. The highest BCUT2D eigenvalue weighted by atomic mass is 15.3. The van der Waals surface area contributed by atoms with Crippen molar-refractivity contribution in [2.45, 2.75) is 33.1 Å². The Morgan fingerprint density at radius 3 is 2.58 bits per heavy atom. The molecule has 19 heavy (non-hydrogen) atoms. The van der Waals surface area contributed by atoms with Crippen molar-refractivity contribution in [1.82, 2.24) is 25.0 Å². The van der Waals surface area contributed by atoms with Gasteiger partial charge in [0.1, 0.15) is 0 Å². The Bertz CT molecular complexity index is 534. The molecule has 0 bridgehead atoms. The van der Waals surface area contributed by atoms with Crippen LogP contribution < -0.4 is 5.32 Å². The summed E-state index contributed by atoms with van der Waals surface area (Å²) in [7, 11) is 1.94. The molecule has 2 aromatic rings. The number of anilines is 1. The largest absolute Gasteiger partial charge is 0.353 e. The molecule has 0 atom stereocenters. The van der Waals surface area contributed by atoms with E-state index in [1.807, 2.05) is 17.8 Å². The van der Waals surface area contributed by atoms with E-state index in [-0.39, 0.29) is 0 Å². The fourth-order valence-electron chi connectivity index (χ4n) is 1.96. The molecular weight excluding hydrogens is 240 g/mol. The molecule has 0 spiro atoms. The number of aryl methyl sites for hydroxylation is 3. The number of nitrogens with one attached hydrogen (secondary N) is 1. The molecule has 0 saturated heterocycles. The Labute approximate surface area is 113 Å². The van der Waals surface area contributed by atoms with E-state index in [4.69, 9.17) is 0 Å². The molecule has 0 aliphatic heterocycles. The van der Waals surface area contributed by atoms with E-state index < -0.39 is 0 Å². The van der Waals surface area contributed by atoms with Crippen LogP contribution in [-0.4, -0.2) is 31.5 Å². The third-order valence-corrected chi connectivity index (χ3v) is 3.10. The van der Waals surface area contributed by atoms with Crippen molar-refractivity contribution in [3.05, 3.63) is 29.3 Å². The Morgan fingerprint density at radius 1 is 1.16 bits per heavy atom. The van der Waals surface area contributed by atoms with Gasteiger partial charge >= 0.3 is 0 Å². The summed E-state index contributed by atoms with van der Waals surface area (Å²) in [6.45, 7) is 4.93. The van der Waals surface area contributed by atoms with Gasteiger partial charge in [0.25, 0.3) is 0 Å². The van der Waals surface area contributed by atoms with E-state index in [1.165, 1.54) is 5.69 Å². The Morgan fingerprint density at radius 2 is 1.95 bits per heavy atom. The molecule has 2 heterocycles. The average molecular weight is 260 g/mol. The maximum absolute atomic E-state index is 4.50. The number of hydrogen-bond acceptors (Lipinski definition) is 5. The van der Waals surface area contributed by atoms with Gasteiger partial charge < -0.3 is 5.32 Å². The standard InChI is InChI=1S/C13H20N6/c1-4-11-12(5-2)17-18-13(16-11)14-8-6-10-7-9-15-19(10)3/h7,9H,4-6,8H2,1-3H3,(H,14,16,18). The molecule has 2 rings (SSSR count). The lowest BCUT2D eigenvalue weighted by molar-refractivity contribution is 0.709. The molecule has 0 fully saturated rings. The quantitative estimate of drug-likeness (QED) is 0.850. The summed E-state index contributed by atoms with van der Waals surface area (Å²) >= 11 is 0. The van der Waals surface area contributed by atoms with E-state index in [9.17, 15) is 0 Å². The molecule has 0 aromatic carbocycles. The third-order valence-electron chi connectivity index (χ3n) is 3.10. The van der Waals surface area contributed by atoms with Crippen LogP contribution in [0, 0.1) is 0 Å². The van der Waals surface area contributed by atoms with E-state index >= 15 is 0 Å². The SMILES string of the molecule is CCc1nnc(NCCc2ccnn2C)nc1CC. The third kappa shape index (κ3) is 3.27. The fourth-order valence-corrected chi connectivity index (χ4v) is 1.96. The summed E-state index contributed by atoms with van der Waals surface area (Å²) < 4.78 is 1.87. The summed E-state index contributed by atoms with van der Waals surface area (Å²) in [6.07, 6.45) is 4.45. The van der Waals surface area contributed by atoms with Crippen LogP contribution in [0.3, 0.4) is 0 Å². The minimum atomic E-state index is 0.608. The zero-order chi connectivity index (χ0) is 13.7. The summed E-state index contributed by atoms with van der Waals surface area (Å²) in [5.41, 5.74) is 3.20. The van der Waals surface area contributed by atoms with Crippen molar-refractivity contribution in [1.29, 1.82) is 0 Å². The zero-order valence-electron chi connectivity index (χ0n) is 11.7. The lowest BCUT2D eigenvalue weighted by Crippen LogP contribution is -2.13. The highest BCUT2D eigenvalue weighted by Crippen LogP contribution is 2.07. The van der Waals surface area contributed by atoms with Gasteiger partial charge in [-0.1, -0.05) is 13.8 Å². The highest BCUT2D eigenvalue weighted by Gasteiger charge is 2.06. The van der Waals surface area contributed by atoms with Crippen LogP contribution >= 0.6 is 0 Å². The van der Waals surface area contributed by atoms with Gasteiger partial charge in [0.05, 0.1) is 11.4 Å². The van der Waals surface area contributed by atoms with Gasteiger partial charge in [-0.15, -0.1) is 5.10 Å². The van der Waals surface area contributed by atoms with Crippen molar-refractivity contribution in [2.75, 3.05) is 11.9 Å². The fraction of sp³-hybridized carbons (Fsp3) is 0.538. The highest BCUT2D eigenvalue weighted by molar-refractivity contribution is 5.26. The van der Waals surface area contributed by atoms with Crippen LogP contribution in [0.25, 0.3) is 0 Å². The molecule has 2 aromatic heterocycles. The normalized spacial score (nSPS) is 10.7. The zero-order valence-corrected chi connectivity index (χ0v) is 11.7. The molecule has 0 amide bonds. The monoisotopic (exact) mass is 260 g/mol. The average Bonchev–Trinajstić information content (AvgIpc) is 2.84. The Hall–Kier alpha value is -1.98. The van der Waals surface area contributed by atoms with E-state index in [0.29, 0.717) is 5.95 Å². The van der Waals surface area contributed by atoms with Crippen molar-refractivity contribution in [2.24, 2.45) is 7.05 Å². The summed E-state index contributed by atoms with van der Waals surface area (Å²) in [5.74, 6) is 0.608. The Kier molecular flexibility index (Phi) is 4.43. The van der Waals surface area contributed by atoms with E-state index in [1.54, 1.807) is 6.20 Å². The minimum Gasteiger partial charge on any atom is -0.353 e. The lowest BCUT2D eigenvalue weighted by Gasteiger charge is -2.07. The maximum Gasteiger partial charge on any atom is 0.242 e.